The molecule has 0 spiro atoms. The van der Waals surface area contributed by atoms with Crippen LogP contribution >= 0.6 is 0 Å². The summed E-state index contributed by atoms with van der Waals surface area (Å²) in [5.74, 6) is 0.446. The fourth-order valence-corrected chi connectivity index (χ4v) is 6.31. The van der Waals surface area contributed by atoms with Crippen LogP contribution in [0.1, 0.15) is 54.5 Å². The fourth-order valence-electron chi connectivity index (χ4n) is 4.89. The van der Waals surface area contributed by atoms with Crippen LogP contribution in [0.15, 0.2) is 65.6 Å². The van der Waals surface area contributed by atoms with E-state index in [1.54, 1.807) is 42.5 Å². The molecule has 4 rings (SSSR count). The second-order valence-electron chi connectivity index (χ2n) is 9.63. The first-order valence-corrected chi connectivity index (χ1v) is 14.4. The van der Waals surface area contributed by atoms with Gasteiger partial charge in [-0.15, -0.1) is 0 Å². The van der Waals surface area contributed by atoms with Gasteiger partial charge in [0.15, 0.2) is 11.5 Å². The van der Waals surface area contributed by atoms with Crippen molar-refractivity contribution in [1.82, 2.24) is 5.32 Å². The molecule has 1 aliphatic carbocycles. The van der Waals surface area contributed by atoms with Crippen molar-refractivity contribution in [2.45, 2.75) is 56.9 Å². The molecule has 7 nitrogen and oxygen atoms in total. The Kier molecular flexibility index (Phi) is 8.62. The lowest BCUT2D eigenvalue weighted by Gasteiger charge is -2.27. The molecular weight excluding hydrogens is 500 g/mol. The minimum absolute atomic E-state index is 0.104. The molecule has 0 heterocycles. The highest BCUT2D eigenvalue weighted by Gasteiger charge is 2.29. The number of amides is 1. The molecule has 202 valence electrons. The number of hydrogen-bond acceptors (Lipinski definition) is 5. The number of nitrogens with zero attached hydrogens (tertiary/aromatic N) is 1. The summed E-state index contributed by atoms with van der Waals surface area (Å²) in [6.07, 6.45) is 5.22. The Balaban J connectivity index is 1.64. The molecule has 3 aromatic rings. The normalized spacial score (nSPS) is 13.8. The highest BCUT2D eigenvalue weighted by Crippen LogP contribution is 2.34. The second kappa shape index (κ2) is 11.9. The lowest BCUT2D eigenvalue weighted by atomic mass is 9.89. The predicted molar refractivity (Wildman–Crippen MR) is 150 cm³/mol. The third kappa shape index (κ3) is 5.96. The van der Waals surface area contributed by atoms with Gasteiger partial charge in [-0.25, -0.2) is 8.42 Å². The summed E-state index contributed by atoms with van der Waals surface area (Å²) in [5, 5.41) is 3.07. The smallest absolute Gasteiger partial charge is 0.264 e. The highest BCUT2D eigenvalue weighted by atomic mass is 32.2. The Hall–Kier alpha value is -3.52. The van der Waals surface area contributed by atoms with E-state index in [2.05, 4.69) is 23.5 Å². The Morgan fingerprint density at radius 3 is 2.26 bits per heavy atom. The van der Waals surface area contributed by atoms with Gasteiger partial charge in [-0.2, -0.15) is 0 Å². The molecule has 0 aromatic heterocycles. The average Bonchev–Trinajstić information content (AvgIpc) is 2.94. The number of aryl methyl sites for hydroxylation is 3. The van der Waals surface area contributed by atoms with Gasteiger partial charge in [0.2, 0.25) is 5.91 Å². The van der Waals surface area contributed by atoms with Gasteiger partial charge in [0.25, 0.3) is 10.0 Å². The molecule has 0 fully saturated rings. The number of rotatable bonds is 10. The van der Waals surface area contributed by atoms with Crippen molar-refractivity contribution >= 4 is 21.6 Å². The van der Waals surface area contributed by atoms with E-state index < -0.39 is 10.0 Å². The first-order chi connectivity index (χ1) is 18.3. The minimum atomic E-state index is -4.05. The first kappa shape index (κ1) is 27.5. The highest BCUT2D eigenvalue weighted by molar-refractivity contribution is 7.92. The van der Waals surface area contributed by atoms with E-state index in [9.17, 15) is 13.2 Å². The Morgan fingerprint density at radius 2 is 1.61 bits per heavy atom. The number of carbonyl (C=O) groups excluding carboxylic acids is 1. The van der Waals surface area contributed by atoms with Crippen molar-refractivity contribution in [3.05, 3.63) is 82.9 Å². The minimum Gasteiger partial charge on any atom is -0.493 e. The number of anilines is 1. The zero-order chi connectivity index (χ0) is 27.3. The van der Waals surface area contributed by atoms with E-state index in [-0.39, 0.29) is 23.4 Å². The summed E-state index contributed by atoms with van der Waals surface area (Å²) >= 11 is 0. The van der Waals surface area contributed by atoms with Crippen molar-refractivity contribution in [1.29, 1.82) is 0 Å². The summed E-state index contributed by atoms with van der Waals surface area (Å²) in [6.45, 7) is 3.52. The average molecular weight is 537 g/mol. The maximum Gasteiger partial charge on any atom is 0.264 e. The number of fused-ring (bicyclic) bond motifs is 1. The summed E-state index contributed by atoms with van der Waals surface area (Å²) in [5.41, 5.74) is 5.01. The summed E-state index contributed by atoms with van der Waals surface area (Å²) < 4.78 is 39.4. The standard InChI is InChI=1S/C30H36N2O5S/c1-5-27(24-13-12-22-8-6-7-9-23(22)18-24)31-30(33)20-32(25-14-17-28(36-3)29(19-25)37-4)38(34,35)26-15-10-21(2)11-16-26/h10-19,27H,5-9,20H2,1-4H3,(H,31,33). The summed E-state index contributed by atoms with van der Waals surface area (Å²) in [4.78, 5) is 13.5. The molecule has 0 aliphatic heterocycles. The fraction of sp³-hybridized carbons (Fsp3) is 0.367. The first-order valence-electron chi connectivity index (χ1n) is 13.0. The number of nitrogens with one attached hydrogen (secondary N) is 1. The third-order valence-electron chi connectivity index (χ3n) is 7.07. The SMILES string of the molecule is CCC(NC(=O)CN(c1ccc(OC)c(OC)c1)S(=O)(=O)c1ccc(C)cc1)c1ccc2c(c1)CCCC2. The summed E-state index contributed by atoms with van der Waals surface area (Å²) in [6, 6.07) is 17.6. The number of sulfonamides is 1. The second-order valence-corrected chi connectivity index (χ2v) is 11.5. The lowest BCUT2D eigenvalue weighted by molar-refractivity contribution is -0.120. The van der Waals surface area contributed by atoms with Crippen LogP contribution in [0.4, 0.5) is 5.69 Å². The van der Waals surface area contributed by atoms with Crippen molar-refractivity contribution in [2.24, 2.45) is 0 Å². The quantitative estimate of drug-likeness (QED) is 0.377. The van der Waals surface area contributed by atoms with Crippen molar-refractivity contribution in [3.8, 4) is 11.5 Å². The van der Waals surface area contributed by atoms with Gasteiger partial charge >= 0.3 is 0 Å². The number of benzene rings is 3. The number of carbonyl (C=O) groups is 1. The molecule has 0 saturated heterocycles. The van der Waals surface area contributed by atoms with Gasteiger partial charge in [0.05, 0.1) is 30.8 Å². The number of methoxy groups -OCH3 is 2. The van der Waals surface area contributed by atoms with Crippen LogP contribution < -0.4 is 19.1 Å². The van der Waals surface area contributed by atoms with Crippen molar-refractivity contribution in [3.63, 3.8) is 0 Å². The van der Waals surface area contributed by atoms with E-state index >= 15 is 0 Å². The molecule has 1 unspecified atom stereocenters. The molecule has 8 heteroatoms. The van der Waals surface area contributed by atoms with E-state index in [0.717, 1.165) is 28.3 Å². The Bertz CT molecular complexity index is 1390. The van der Waals surface area contributed by atoms with E-state index in [1.165, 1.54) is 38.2 Å². The van der Waals surface area contributed by atoms with Gasteiger partial charge in [-0.05, 0) is 80.0 Å². The topological polar surface area (TPSA) is 84.9 Å². The van der Waals surface area contributed by atoms with Crippen LogP contribution in [-0.4, -0.2) is 35.1 Å². The van der Waals surface area contributed by atoms with Gasteiger partial charge in [0.1, 0.15) is 6.54 Å². The Morgan fingerprint density at radius 1 is 0.921 bits per heavy atom. The van der Waals surface area contributed by atoms with Crippen LogP contribution in [0.2, 0.25) is 0 Å². The van der Waals surface area contributed by atoms with Crippen molar-refractivity contribution in [2.75, 3.05) is 25.1 Å². The molecule has 1 N–H and O–H groups in total. The number of ether oxygens (including phenoxy) is 2. The zero-order valence-corrected chi connectivity index (χ0v) is 23.3. The molecule has 0 radical (unpaired) electrons. The number of hydrogen-bond donors (Lipinski definition) is 1. The molecule has 0 bridgehead atoms. The van der Waals surface area contributed by atoms with Gasteiger partial charge in [-0.1, -0.05) is 42.8 Å². The van der Waals surface area contributed by atoms with E-state index in [0.29, 0.717) is 23.6 Å². The molecule has 3 aromatic carbocycles. The Labute approximate surface area is 225 Å². The van der Waals surface area contributed by atoms with Crippen LogP contribution in [0.3, 0.4) is 0 Å². The van der Waals surface area contributed by atoms with Crippen LogP contribution in [0, 0.1) is 6.92 Å². The zero-order valence-electron chi connectivity index (χ0n) is 22.5. The molecule has 0 saturated carbocycles. The lowest BCUT2D eigenvalue weighted by Crippen LogP contribution is -2.42. The molecular formula is C30H36N2O5S. The maximum absolute atomic E-state index is 13.8. The largest absolute Gasteiger partial charge is 0.493 e. The summed E-state index contributed by atoms with van der Waals surface area (Å²) in [7, 11) is -1.06. The maximum atomic E-state index is 13.8. The van der Waals surface area contributed by atoms with Crippen LogP contribution in [0.5, 0.6) is 11.5 Å². The van der Waals surface area contributed by atoms with Gasteiger partial charge < -0.3 is 14.8 Å². The molecule has 1 aliphatic rings. The third-order valence-corrected chi connectivity index (χ3v) is 8.86. The van der Waals surface area contributed by atoms with Crippen LogP contribution in [0.25, 0.3) is 0 Å². The predicted octanol–water partition coefficient (Wildman–Crippen LogP) is 5.35. The molecule has 38 heavy (non-hydrogen) atoms. The van der Waals surface area contributed by atoms with E-state index in [4.69, 9.17) is 9.47 Å². The van der Waals surface area contributed by atoms with Crippen molar-refractivity contribution < 1.29 is 22.7 Å². The van der Waals surface area contributed by atoms with Gasteiger partial charge in [-0.3, -0.25) is 9.10 Å². The van der Waals surface area contributed by atoms with E-state index in [1.807, 2.05) is 13.8 Å². The van der Waals surface area contributed by atoms with Gasteiger partial charge in [0, 0.05) is 6.07 Å². The monoisotopic (exact) mass is 536 g/mol. The molecule has 1 amide bonds. The van der Waals surface area contributed by atoms with Crippen LogP contribution in [-0.2, 0) is 27.7 Å². The molecule has 1 atom stereocenters.